The molecule has 0 radical (unpaired) electrons. The van der Waals surface area contributed by atoms with Gasteiger partial charge in [-0.15, -0.1) is 11.8 Å². The van der Waals surface area contributed by atoms with Crippen LogP contribution in [0.2, 0.25) is 0 Å². The van der Waals surface area contributed by atoms with Gasteiger partial charge < -0.3 is 0 Å². The summed E-state index contributed by atoms with van der Waals surface area (Å²) in [5, 5.41) is 1.32. The number of hydrogen-bond acceptors (Lipinski definition) is 2. The molecule has 0 amide bonds. The highest BCUT2D eigenvalue weighted by Crippen LogP contribution is 2.29. The molecular formula is C10H21NS. The molecule has 12 heavy (non-hydrogen) atoms. The van der Waals surface area contributed by atoms with Crippen LogP contribution in [-0.2, 0) is 0 Å². The van der Waals surface area contributed by atoms with Gasteiger partial charge in [-0.05, 0) is 13.8 Å². The molecule has 0 saturated carbocycles. The Morgan fingerprint density at radius 1 is 1.33 bits per heavy atom. The van der Waals surface area contributed by atoms with Gasteiger partial charge in [0.2, 0.25) is 0 Å². The van der Waals surface area contributed by atoms with Crippen molar-refractivity contribution < 1.29 is 0 Å². The highest BCUT2D eigenvalue weighted by Gasteiger charge is 2.26. The van der Waals surface area contributed by atoms with Gasteiger partial charge in [0.05, 0.1) is 10.6 Å². The van der Waals surface area contributed by atoms with Crippen LogP contribution in [0.3, 0.4) is 0 Å². The second-order valence-corrected chi connectivity index (χ2v) is 4.70. The van der Waals surface area contributed by atoms with E-state index < -0.39 is 0 Å². The predicted molar refractivity (Wildman–Crippen MR) is 60.2 cm³/mol. The van der Waals surface area contributed by atoms with Crippen LogP contribution in [0.5, 0.6) is 0 Å². The first-order valence-electron chi connectivity index (χ1n) is 4.74. The maximum atomic E-state index is 4.60. The number of rotatable bonds is 1. The quantitative estimate of drug-likeness (QED) is 0.611. The van der Waals surface area contributed by atoms with Crippen molar-refractivity contribution in [1.29, 1.82) is 0 Å². The van der Waals surface area contributed by atoms with Crippen LogP contribution in [0.4, 0.5) is 0 Å². The van der Waals surface area contributed by atoms with Crippen molar-refractivity contribution in [3.8, 4) is 0 Å². The fraction of sp³-hybridized carbons (Fsp3) is 0.900. The van der Waals surface area contributed by atoms with Crippen LogP contribution < -0.4 is 0 Å². The molecule has 0 aromatic rings. The molecule has 0 atom stereocenters. The van der Waals surface area contributed by atoms with Crippen LogP contribution in [0.1, 0.15) is 41.5 Å². The van der Waals surface area contributed by atoms with E-state index >= 15 is 0 Å². The first-order valence-corrected chi connectivity index (χ1v) is 5.72. The van der Waals surface area contributed by atoms with Crippen LogP contribution in [0, 0.1) is 5.92 Å². The lowest BCUT2D eigenvalue weighted by atomic mass is 10.1. The van der Waals surface area contributed by atoms with Gasteiger partial charge in [-0.1, -0.05) is 27.7 Å². The molecule has 1 aliphatic heterocycles. The SMILES string of the molecule is CC.CC(C)C1=NC(C)(C)CS1. The summed E-state index contributed by atoms with van der Waals surface area (Å²) in [5.41, 5.74) is 0.199. The van der Waals surface area contributed by atoms with E-state index in [1.54, 1.807) is 0 Å². The van der Waals surface area contributed by atoms with Crippen LogP contribution in [0.25, 0.3) is 0 Å². The van der Waals surface area contributed by atoms with Crippen LogP contribution in [-0.4, -0.2) is 16.3 Å². The first-order chi connectivity index (χ1) is 5.51. The lowest BCUT2D eigenvalue weighted by Crippen LogP contribution is -2.15. The summed E-state index contributed by atoms with van der Waals surface area (Å²) >= 11 is 1.91. The Kier molecular flexibility index (Phi) is 4.91. The molecule has 72 valence electrons. The van der Waals surface area contributed by atoms with Gasteiger partial charge in [0.1, 0.15) is 0 Å². The smallest absolute Gasteiger partial charge is 0.0709 e. The van der Waals surface area contributed by atoms with Gasteiger partial charge in [-0.25, -0.2) is 0 Å². The van der Waals surface area contributed by atoms with Gasteiger partial charge in [-0.2, -0.15) is 0 Å². The van der Waals surface area contributed by atoms with Gasteiger partial charge in [0.15, 0.2) is 0 Å². The molecule has 1 heterocycles. The van der Waals surface area contributed by atoms with E-state index in [0.717, 1.165) is 5.75 Å². The third-order valence-electron chi connectivity index (χ3n) is 1.48. The summed E-state index contributed by atoms with van der Waals surface area (Å²) in [6.45, 7) is 12.8. The minimum atomic E-state index is 0.199. The van der Waals surface area contributed by atoms with Gasteiger partial charge in [0.25, 0.3) is 0 Å². The standard InChI is InChI=1S/C8H15NS.C2H6/c1-6(2)7-9-8(3,4)5-10-7;1-2/h6H,5H2,1-4H3;1-2H3. The third-order valence-corrected chi connectivity index (χ3v) is 3.19. The lowest BCUT2D eigenvalue weighted by Gasteiger charge is -2.09. The van der Waals surface area contributed by atoms with Crippen molar-refractivity contribution in [1.82, 2.24) is 0 Å². The zero-order valence-corrected chi connectivity index (χ0v) is 9.96. The average Bonchev–Trinajstić information content (AvgIpc) is 2.35. The van der Waals surface area contributed by atoms with Crippen molar-refractivity contribution in [2.75, 3.05) is 5.75 Å². The topological polar surface area (TPSA) is 12.4 Å². The summed E-state index contributed by atoms with van der Waals surface area (Å²) in [5.74, 6) is 1.77. The highest BCUT2D eigenvalue weighted by molar-refractivity contribution is 8.14. The highest BCUT2D eigenvalue weighted by atomic mass is 32.2. The van der Waals surface area contributed by atoms with Crippen molar-refractivity contribution in [2.24, 2.45) is 10.9 Å². The summed E-state index contributed by atoms with van der Waals surface area (Å²) in [7, 11) is 0. The van der Waals surface area contributed by atoms with Crippen LogP contribution in [0.15, 0.2) is 4.99 Å². The molecule has 1 rings (SSSR count). The Balaban J connectivity index is 0.000000561. The largest absolute Gasteiger partial charge is 0.276 e. The average molecular weight is 187 g/mol. The number of aliphatic imine (C=N–C) groups is 1. The Bertz CT molecular complexity index is 159. The summed E-state index contributed by atoms with van der Waals surface area (Å²) in [4.78, 5) is 4.60. The molecule has 1 nitrogen and oxygen atoms in total. The molecule has 0 unspecified atom stereocenters. The molecule has 0 N–H and O–H groups in total. The molecular weight excluding hydrogens is 166 g/mol. The van der Waals surface area contributed by atoms with Gasteiger partial charge in [0, 0.05) is 11.7 Å². The predicted octanol–water partition coefficient (Wildman–Crippen LogP) is 3.59. The molecule has 2 heteroatoms. The third kappa shape index (κ3) is 3.61. The van der Waals surface area contributed by atoms with E-state index in [2.05, 4.69) is 32.7 Å². The maximum absolute atomic E-state index is 4.60. The van der Waals surface area contributed by atoms with Crippen molar-refractivity contribution in [3.63, 3.8) is 0 Å². The molecule has 0 aliphatic carbocycles. The number of hydrogen-bond donors (Lipinski definition) is 0. The van der Waals surface area contributed by atoms with Gasteiger partial charge in [-0.3, -0.25) is 4.99 Å². The zero-order valence-electron chi connectivity index (χ0n) is 9.14. The molecule has 0 aromatic heterocycles. The van der Waals surface area contributed by atoms with E-state index in [1.807, 2.05) is 25.6 Å². The molecule has 0 bridgehead atoms. The molecule has 0 aromatic carbocycles. The van der Waals surface area contributed by atoms with Crippen molar-refractivity contribution >= 4 is 16.8 Å². The Morgan fingerprint density at radius 2 is 1.83 bits per heavy atom. The Labute approximate surface area is 81.0 Å². The summed E-state index contributed by atoms with van der Waals surface area (Å²) in [6.07, 6.45) is 0. The van der Waals surface area contributed by atoms with Gasteiger partial charge >= 0.3 is 0 Å². The van der Waals surface area contributed by atoms with Crippen LogP contribution >= 0.6 is 11.8 Å². The monoisotopic (exact) mass is 187 g/mol. The molecule has 0 spiro atoms. The minimum absolute atomic E-state index is 0.199. The first kappa shape index (κ1) is 12.0. The van der Waals surface area contributed by atoms with E-state index in [0.29, 0.717) is 5.92 Å². The van der Waals surface area contributed by atoms with E-state index in [1.165, 1.54) is 5.04 Å². The number of nitrogens with zero attached hydrogens (tertiary/aromatic N) is 1. The molecule has 0 fully saturated rings. The zero-order chi connectivity index (χ0) is 9.78. The maximum Gasteiger partial charge on any atom is 0.0709 e. The Morgan fingerprint density at radius 3 is 2.00 bits per heavy atom. The molecule has 0 saturated heterocycles. The fourth-order valence-electron chi connectivity index (χ4n) is 0.909. The number of thioether (sulfide) groups is 1. The second kappa shape index (κ2) is 4.90. The van der Waals surface area contributed by atoms with Crippen molar-refractivity contribution in [3.05, 3.63) is 0 Å². The summed E-state index contributed by atoms with van der Waals surface area (Å²) < 4.78 is 0. The Hall–Kier alpha value is 0.0200. The molecule has 1 aliphatic rings. The lowest BCUT2D eigenvalue weighted by molar-refractivity contribution is 0.601. The van der Waals surface area contributed by atoms with Crippen molar-refractivity contribution in [2.45, 2.75) is 47.1 Å². The van der Waals surface area contributed by atoms with E-state index in [-0.39, 0.29) is 5.54 Å². The fourth-order valence-corrected chi connectivity index (χ4v) is 2.12. The summed E-state index contributed by atoms with van der Waals surface area (Å²) in [6, 6.07) is 0. The second-order valence-electron chi connectivity index (χ2n) is 3.71. The minimum Gasteiger partial charge on any atom is -0.276 e. The normalized spacial score (nSPS) is 20.1. The van der Waals surface area contributed by atoms with E-state index in [9.17, 15) is 0 Å². The van der Waals surface area contributed by atoms with E-state index in [4.69, 9.17) is 0 Å².